The molecule has 3 heterocycles. The first kappa shape index (κ1) is 25.3. The molecule has 1 amide bonds. The van der Waals surface area contributed by atoms with Gasteiger partial charge in [0.05, 0.1) is 29.6 Å². The predicted octanol–water partition coefficient (Wildman–Crippen LogP) is 2.81. The zero-order valence-electron chi connectivity index (χ0n) is 19.8. The highest BCUT2D eigenvalue weighted by Crippen LogP contribution is 2.30. The van der Waals surface area contributed by atoms with Gasteiger partial charge in [0.1, 0.15) is 23.1 Å². The van der Waals surface area contributed by atoms with Crippen LogP contribution < -0.4 is 26.0 Å². The highest BCUT2D eigenvalue weighted by atomic mass is 35.5. The number of piperidine rings is 1. The second kappa shape index (κ2) is 10.9. The fourth-order valence-corrected chi connectivity index (χ4v) is 3.62. The molecular weight excluding hydrogens is 477 g/mol. The number of carbonyl (C=O) groups is 1. The Kier molecular flexibility index (Phi) is 7.88. The molecule has 0 aromatic carbocycles. The molecule has 1 saturated heterocycles. The van der Waals surface area contributed by atoms with E-state index in [0.29, 0.717) is 22.3 Å². The Balaban J connectivity index is 1.48. The van der Waals surface area contributed by atoms with E-state index in [1.807, 2.05) is 0 Å². The van der Waals surface area contributed by atoms with E-state index in [1.165, 1.54) is 26.2 Å². The van der Waals surface area contributed by atoms with Gasteiger partial charge < -0.3 is 31.1 Å². The lowest BCUT2D eigenvalue weighted by atomic mass is 10.0. The van der Waals surface area contributed by atoms with Crippen LogP contribution in [0.1, 0.15) is 49.9 Å². The number of ether oxygens (including phenoxy) is 1. The minimum atomic E-state index is -1.61. The molecule has 0 bridgehead atoms. The Bertz CT molecular complexity index is 1040. The highest BCUT2D eigenvalue weighted by Gasteiger charge is 2.28. The van der Waals surface area contributed by atoms with E-state index in [1.54, 1.807) is 6.07 Å². The highest BCUT2D eigenvalue weighted by molar-refractivity contribution is 6.32. The second-order valence-electron chi connectivity index (χ2n) is 9.41. The van der Waals surface area contributed by atoms with Crippen LogP contribution in [0.25, 0.3) is 0 Å². The van der Waals surface area contributed by atoms with E-state index >= 15 is 0 Å². The number of aromatic nitrogens is 3. The summed E-state index contributed by atoms with van der Waals surface area (Å²) in [6.07, 6.45) is 5.02. The van der Waals surface area contributed by atoms with Crippen molar-refractivity contribution in [2.45, 2.75) is 63.4 Å². The molecule has 2 aliphatic rings. The molecular formula is C23H31ClFN7O3. The van der Waals surface area contributed by atoms with Gasteiger partial charge in [0.15, 0.2) is 5.82 Å². The van der Waals surface area contributed by atoms with Crippen molar-refractivity contribution in [1.82, 2.24) is 25.6 Å². The van der Waals surface area contributed by atoms with Crippen LogP contribution in [-0.4, -0.2) is 69.5 Å². The van der Waals surface area contributed by atoms with Crippen molar-refractivity contribution < 1.29 is 19.0 Å². The van der Waals surface area contributed by atoms with Crippen molar-refractivity contribution in [1.29, 1.82) is 0 Å². The number of carbonyl (C=O) groups excluding carboxylic acids is 1. The van der Waals surface area contributed by atoms with Gasteiger partial charge in [-0.25, -0.2) is 14.4 Å². The SMILES string of the molecule is CC(C)(O)C(F)CNC(=O)c1cnc(Nc2nc(OC3CCNCC3)ncc2Cl)cc1NC1CC1. The van der Waals surface area contributed by atoms with Crippen molar-refractivity contribution in [3.63, 3.8) is 0 Å². The average Bonchev–Trinajstić information content (AvgIpc) is 3.64. The molecule has 35 heavy (non-hydrogen) atoms. The molecule has 1 aliphatic heterocycles. The summed E-state index contributed by atoms with van der Waals surface area (Å²) < 4.78 is 20.0. The largest absolute Gasteiger partial charge is 0.460 e. The van der Waals surface area contributed by atoms with Gasteiger partial charge in [0.25, 0.3) is 5.91 Å². The van der Waals surface area contributed by atoms with Crippen LogP contribution in [0.4, 0.5) is 21.7 Å². The van der Waals surface area contributed by atoms with Crippen molar-refractivity contribution >= 4 is 34.8 Å². The van der Waals surface area contributed by atoms with Gasteiger partial charge >= 0.3 is 6.01 Å². The number of hydrogen-bond donors (Lipinski definition) is 5. The van der Waals surface area contributed by atoms with Crippen LogP contribution in [-0.2, 0) is 0 Å². The minimum Gasteiger partial charge on any atom is -0.460 e. The summed E-state index contributed by atoms with van der Waals surface area (Å²) in [6.45, 7) is 4.16. The smallest absolute Gasteiger partial charge is 0.318 e. The van der Waals surface area contributed by atoms with E-state index < -0.39 is 17.7 Å². The average molecular weight is 508 g/mol. The molecule has 10 nitrogen and oxygen atoms in total. The molecule has 5 N–H and O–H groups in total. The van der Waals surface area contributed by atoms with Crippen LogP contribution in [0, 0.1) is 0 Å². The maximum absolute atomic E-state index is 14.1. The molecule has 0 spiro atoms. The third-order valence-corrected chi connectivity index (χ3v) is 6.10. The molecule has 2 aromatic heterocycles. The van der Waals surface area contributed by atoms with Gasteiger partial charge in [-0.05, 0) is 52.6 Å². The molecule has 1 unspecified atom stereocenters. The van der Waals surface area contributed by atoms with Gasteiger partial charge in [0, 0.05) is 18.3 Å². The van der Waals surface area contributed by atoms with Crippen LogP contribution in [0.5, 0.6) is 6.01 Å². The summed E-state index contributed by atoms with van der Waals surface area (Å²) in [5.74, 6) is 0.257. The third kappa shape index (κ3) is 7.12. The molecule has 0 radical (unpaired) electrons. The zero-order chi connectivity index (χ0) is 25.0. The quantitative estimate of drug-likeness (QED) is 0.329. The molecule has 4 rings (SSSR count). The van der Waals surface area contributed by atoms with Gasteiger partial charge in [0.2, 0.25) is 0 Å². The third-order valence-electron chi connectivity index (χ3n) is 5.82. The number of anilines is 3. The standard InChI is InChI=1S/C23H31ClFN7O3/c1-23(2,34)18(25)12-28-21(33)15-10-27-19(9-17(15)30-13-3-4-13)31-20-16(24)11-29-22(32-20)35-14-5-7-26-8-6-14/h9-11,13-14,18,26,34H,3-8,12H2,1-2H3,(H,28,33)(H2,27,29,30,31,32). The second-order valence-corrected chi connectivity index (χ2v) is 9.81. The molecule has 190 valence electrons. The van der Waals surface area contributed by atoms with Crippen molar-refractivity contribution in [3.05, 3.63) is 29.0 Å². The first-order valence-corrected chi connectivity index (χ1v) is 12.1. The number of aliphatic hydroxyl groups is 1. The normalized spacial score (nSPS) is 17.5. The van der Waals surface area contributed by atoms with Crippen molar-refractivity contribution in [2.24, 2.45) is 0 Å². The van der Waals surface area contributed by atoms with E-state index in [-0.39, 0.29) is 30.3 Å². The number of rotatable bonds is 10. The predicted molar refractivity (Wildman–Crippen MR) is 131 cm³/mol. The molecule has 1 saturated carbocycles. The number of hydrogen-bond acceptors (Lipinski definition) is 9. The molecule has 2 fully saturated rings. The van der Waals surface area contributed by atoms with E-state index in [2.05, 4.69) is 36.2 Å². The zero-order valence-corrected chi connectivity index (χ0v) is 20.5. The monoisotopic (exact) mass is 507 g/mol. The van der Waals surface area contributed by atoms with Gasteiger partial charge in [-0.15, -0.1) is 0 Å². The lowest BCUT2D eigenvalue weighted by molar-refractivity contribution is -0.00177. The van der Waals surface area contributed by atoms with E-state index in [9.17, 15) is 14.3 Å². The first-order valence-electron chi connectivity index (χ1n) is 11.8. The van der Waals surface area contributed by atoms with Crippen LogP contribution >= 0.6 is 11.6 Å². The fourth-order valence-electron chi connectivity index (χ4n) is 3.48. The Morgan fingerprint density at radius 2 is 2.03 bits per heavy atom. The molecule has 2 aromatic rings. The summed E-state index contributed by atoms with van der Waals surface area (Å²) in [5.41, 5.74) is -0.728. The van der Waals surface area contributed by atoms with Crippen LogP contribution in [0.3, 0.4) is 0 Å². The number of pyridine rings is 1. The minimum absolute atomic E-state index is 0.0378. The topological polar surface area (TPSA) is 133 Å². The number of nitrogens with one attached hydrogen (secondary N) is 4. The Morgan fingerprint density at radius 1 is 1.29 bits per heavy atom. The number of amides is 1. The Hall–Kier alpha value is -2.76. The van der Waals surface area contributed by atoms with Crippen molar-refractivity contribution in [3.8, 4) is 6.01 Å². The number of halogens is 2. The summed E-state index contributed by atoms with van der Waals surface area (Å²) in [6, 6.07) is 2.17. The van der Waals surface area contributed by atoms with Gasteiger partial charge in [-0.1, -0.05) is 11.6 Å². The van der Waals surface area contributed by atoms with Crippen LogP contribution in [0.15, 0.2) is 18.5 Å². The molecule has 1 atom stereocenters. The maximum atomic E-state index is 14.1. The van der Waals surface area contributed by atoms with Gasteiger partial charge in [-0.3, -0.25) is 4.79 Å². The van der Waals surface area contributed by atoms with E-state index in [4.69, 9.17) is 16.3 Å². The maximum Gasteiger partial charge on any atom is 0.318 e. The lowest BCUT2D eigenvalue weighted by Crippen LogP contribution is -2.42. The molecule has 12 heteroatoms. The summed E-state index contributed by atoms with van der Waals surface area (Å²) in [4.78, 5) is 25.6. The number of nitrogens with zero attached hydrogens (tertiary/aromatic N) is 3. The Labute approximate surface area is 208 Å². The number of alkyl halides is 1. The summed E-state index contributed by atoms with van der Waals surface area (Å²) in [5, 5.41) is 22.3. The molecule has 1 aliphatic carbocycles. The fraction of sp³-hybridized carbons (Fsp3) is 0.565. The van der Waals surface area contributed by atoms with Crippen LogP contribution in [0.2, 0.25) is 5.02 Å². The first-order chi connectivity index (χ1) is 16.7. The van der Waals surface area contributed by atoms with E-state index in [0.717, 1.165) is 38.8 Å². The lowest BCUT2D eigenvalue weighted by Gasteiger charge is -2.23. The Morgan fingerprint density at radius 3 is 2.71 bits per heavy atom. The van der Waals surface area contributed by atoms with Gasteiger partial charge in [-0.2, -0.15) is 4.98 Å². The summed E-state index contributed by atoms with van der Waals surface area (Å²) >= 11 is 6.30. The summed E-state index contributed by atoms with van der Waals surface area (Å²) in [7, 11) is 0. The van der Waals surface area contributed by atoms with Crippen molar-refractivity contribution in [2.75, 3.05) is 30.3 Å².